The minimum Gasteiger partial charge on any atom is -0.504 e. The molecule has 0 unspecified atom stereocenters. The molecule has 1 fully saturated rings. The Morgan fingerprint density at radius 1 is 1.40 bits per heavy atom. The van der Waals surface area contributed by atoms with Crippen molar-refractivity contribution in [2.45, 2.75) is 26.2 Å². The molecule has 0 aromatic carbocycles. The second-order valence-electron chi connectivity index (χ2n) is 7.61. The molecule has 0 radical (unpaired) electrons. The van der Waals surface area contributed by atoms with Crippen molar-refractivity contribution in [3.8, 4) is 5.75 Å². The molecule has 4 heterocycles. The summed E-state index contributed by atoms with van der Waals surface area (Å²) in [6.45, 7) is 3.65. The molecule has 0 aliphatic carbocycles. The molecule has 0 bridgehead atoms. The lowest BCUT2D eigenvalue weighted by molar-refractivity contribution is 0.0479. The zero-order valence-electron chi connectivity index (χ0n) is 16.9. The number of nitrogens with zero attached hydrogens (tertiary/aromatic N) is 3. The molecule has 158 valence electrons. The Bertz CT molecular complexity index is 987. The Kier molecular flexibility index (Phi) is 5.85. The summed E-state index contributed by atoms with van der Waals surface area (Å²) in [7, 11) is 0. The SMILES string of the molecule is CC1CCN(c2oc(C=C3C=Nc4ncccc43)c(O)c2C(=O)OCCCO)CC1. The number of pyridine rings is 1. The second kappa shape index (κ2) is 8.71. The van der Waals surface area contributed by atoms with Gasteiger partial charge in [-0.3, -0.25) is 0 Å². The van der Waals surface area contributed by atoms with Gasteiger partial charge in [-0.1, -0.05) is 6.92 Å². The summed E-state index contributed by atoms with van der Waals surface area (Å²) in [5.41, 5.74) is 1.59. The lowest BCUT2D eigenvalue weighted by Crippen LogP contribution is -2.33. The van der Waals surface area contributed by atoms with Crippen molar-refractivity contribution in [2.24, 2.45) is 10.9 Å². The van der Waals surface area contributed by atoms with E-state index in [0.717, 1.165) is 37.1 Å². The van der Waals surface area contributed by atoms with Gasteiger partial charge in [-0.05, 0) is 37.0 Å². The van der Waals surface area contributed by atoms with Crippen molar-refractivity contribution in [3.05, 3.63) is 35.2 Å². The number of piperidine rings is 1. The van der Waals surface area contributed by atoms with Gasteiger partial charge in [-0.15, -0.1) is 0 Å². The zero-order chi connectivity index (χ0) is 21.1. The van der Waals surface area contributed by atoms with Crippen LogP contribution in [-0.2, 0) is 4.74 Å². The fraction of sp³-hybridized carbons (Fsp3) is 0.409. The Morgan fingerprint density at radius 3 is 2.97 bits per heavy atom. The first-order valence-corrected chi connectivity index (χ1v) is 10.2. The summed E-state index contributed by atoms with van der Waals surface area (Å²) in [4.78, 5) is 23.2. The molecule has 0 spiro atoms. The van der Waals surface area contributed by atoms with Crippen LogP contribution in [0.2, 0.25) is 0 Å². The Labute approximate surface area is 174 Å². The van der Waals surface area contributed by atoms with Gasteiger partial charge in [-0.2, -0.15) is 0 Å². The van der Waals surface area contributed by atoms with Crippen LogP contribution in [0.4, 0.5) is 11.7 Å². The summed E-state index contributed by atoms with van der Waals surface area (Å²) in [5, 5.41) is 19.8. The number of esters is 1. The lowest BCUT2D eigenvalue weighted by Gasteiger charge is -2.30. The van der Waals surface area contributed by atoms with Crippen molar-refractivity contribution in [1.82, 2.24) is 4.98 Å². The molecule has 2 N–H and O–H groups in total. The number of anilines is 1. The van der Waals surface area contributed by atoms with E-state index in [2.05, 4.69) is 16.9 Å². The predicted octanol–water partition coefficient (Wildman–Crippen LogP) is 3.41. The quantitative estimate of drug-likeness (QED) is 0.554. The van der Waals surface area contributed by atoms with Gasteiger partial charge in [-0.25, -0.2) is 14.8 Å². The van der Waals surface area contributed by atoms with Crippen LogP contribution >= 0.6 is 0 Å². The van der Waals surface area contributed by atoms with E-state index in [1.54, 1.807) is 18.5 Å². The third-order valence-corrected chi connectivity index (χ3v) is 5.41. The number of carbonyl (C=O) groups is 1. The third-order valence-electron chi connectivity index (χ3n) is 5.41. The zero-order valence-corrected chi connectivity index (χ0v) is 16.9. The summed E-state index contributed by atoms with van der Waals surface area (Å²) in [6, 6.07) is 3.70. The van der Waals surface area contributed by atoms with Crippen molar-refractivity contribution in [3.63, 3.8) is 0 Å². The average molecular weight is 411 g/mol. The molecular formula is C22H25N3O5. The minimum atomic E-state index is -0.662. The van der Waals surface area contributed by atoms with E-state index in [9.17, 15) is 9.90 Å². The molecule has 0 atom stereocenters. The van der Waals surface area contributed by atoms with Crippen LogP contribution in [0.5, 0.6) is 5.75 Å². The van der Waals surface area contributed by atoms with Crippen LogP contribution in [-0.4, -0.2) is 53.7 Å². The van der Waals surface area contributed by atoms with Gasteiger partial charge in [0, 0.05) is 49.7 Å². The van der Waals surface area contributed by atoms with Crippen molar-refractivity contribution < 1.29 is 24.2 Å². The third kappa shape index (κ3) is 3.95. The number of allylic oxidation sites excluding steroid dienone is 1. The van der Waals surface area contributed by atoms with E-state index in [1.807, 2.05) is 17.0 Å². The number of aliphatic imine (C=N–C) groups is 1. The van der Waals surface area contributed by atoms with E-state index in [4.69, 9.17) is 14.3 Å². The molecule has 8 heteroatoms. The number of aromatic hydroxyl groups is 1. The highest BCUT2D eigenvalue weighted by Gasteiger charge is 2.31. The van der Waals surface area contributed by atoms with Crippen molar-refractivity contribution in [2.75, 3.05) is 31.2 Å². The molecule has 2 aromatic rings. The number of fused-ring (bicyclic) bond motifs is 1. The van der Waals surface area contributed by atoms with Crippen LogP contribution in [0.25, 0.3) is 11.6 Å². The molecule has 30 heavy (non-hydrogen) atoms. The van der Waals surface area contributed by atoms with Gasteiger partial charge < -0.3 is 24.3 Å². The highest BCUT2D eigenvalue weighted by Crippen LogP contribution is 2.40. The number of aliphatic hydroxyl groups excluding tert-OH is 1. The average Bonchev–Trinajstić information content (AvgIpc) is 3.30. The molecule has 0 saturated carbocycles. The van der Waals surface area contributed by atoms with Crippen LogP contribution in [0.15, 0.2) is 27.7 Å². The van der Waals surface area contributed by atoms with E-state index in [1.165, 1.54) is 0 Å². The Balaban J connectivity index is 1.70. The van der Waals surface area contributed by atoms with Crippen LogP contribution in [0.1, 0.15) is 47.9 Å². The highest BCUT2D eigenvalue weighted by molar-refractivity contribution is 6.21. The Hall–Kier alpha value is -3.13. The number of aromatic nitrogens is 1. The van der Waals surface area contributed by atoms with Crippen LogP contribution in [0.3, 0.4) is 0 Å². The standard InChI is InChI=1S/C22H25N3O5/c1-14-5-8-25(9-6-14)21-18(22(28)29-11-3-10-26)19(27)17(30-21)12-15-13-24-20-16(15)4-2-7-23-20/h2,4,7,12-14,26-27H,3,5-6,8-11H2,1H3. The maximum Gasteiger partial charge on any atom is 0.347 e. The summed E-state index contributed by atoms with van der Waals surface area (Å²) in [5.74, 6) is 0.784. The first-order valence-electron chi connectivity index (χ1n) is 10.2. The first kappa shape index (κ1) is 20.2. The molecule has 1 saturated heterocycles. The predicted molar refractivity (Wildman–Crippen MR) is 113 cm³/mol. The summed E-state index contributed by atoms with van der Waals surface area (Å²) >= 11 is 0. The normalized spacial score (nSPS) is 17.5. The van der Waals surface area contributed by atoms with Crippen LogP contribution < -0.4 is 4.90 Å². The molecular weight excluding hydrogens is 386 g/mol. The van der Waals surface area contributed by atoms with Crippen molar-refractivity contribution >= 4 is 35.5 Å². The molecule has 2 aromatic heterocycles. The number of furan rings is 1. The summed E-state index contributed by atoms with van der Waals surface area (Å²) in [6.07, 6.45) is 7.26. The maximum absolute atomic E-state index is 12.7. The number of aliphatic hydroxyl groups is 1. The van der Waals surface area contributed by atoms with Crippen molar-refractivity contribution in [1.29, 1.82) is 0 Å². The Morgan fingerprint density at radius 2 is 2.20 bits per heavy atom. The van der Waals surface area contributed by atoms with E-state index in [-0.39, 0.29) is 30.3 Å². The number of hydrogen-bond donors (Lipinski definition) is 2. The van der Waals surface area contributed by atoms with Gasteiger partial charge in [0.15, 0.2) is 22.9 Å². The van der Waals surface area contributed by atoms with E-state index >= 15 is 0 Å². The smallest absolute Gasteiger partial charge is 0.347 e. The first-order chi connectivity index (χ1) is 14.6. The molecule has 2 aliphatic heterocycles. The van der Waals surface area contributed by atoms with Gasteiger partial charge in [0.1, 0.15) is 0 Å². The van der Waals surface area contributed by atoms with Gasteiger partial charge in [0.2, 0.25) is 5.88 Å². The van der Waals surface area contributed by atoms with Gasteiger partial charge in [0.25, 0.3) is 0 Å². The lowest BCUT2D eigenvalue weighted by atomic mass is 9.99. The summed E-state index contributed by atoms with van der Waals surface area (Å²) < 4.78 is 11.2. The topological polar surface area (TPSA) is 108 Å². The second-order valence-corrected chi connectivity index (χ2v) is 7.61. The molecule has 4 rings (SSSR count). The van der Waals surface area contributed by atoms with E-state index < -0.39 is 5.97 Å². The minimum absolute atomic E-state index is 0.0238. The van der Waals surface area contributed by atoms with E-state index in [0.29, 0.717) is 24.0 Å². The molecule has 0 amide bonds. The largest absolute Gasteiger partial charge is 0.504 e. The molecule has 2 aliphatic rings. The molecule has 8 nitrogen and oxygen atoms in total. The number of rotatable bonds is 6. The fourth-order valence-corrected chi connectivity index (χ4v) is 3.63. The van der Waals surface area contributed by atoms with Crippen LogP contribution in [0, 0.1) is 5.92 Å². The number of ether oxygens (including phenoxy) is 1. The monoisotopic (exact) mass is 411 g/mol. The number of hydrogen-bond acceptors (Lipinski definition) is 8. The number of carbonyl (C=O) groups excluding carboxylic acids is 1. The van der Waals surface area contributed by atoms with Gasteiger partial charge in [0.05, 0.1) is 6.61 Å². The fourth-order valence-electron chi connectivity index (χ4n) is 3.63. The maximum atomic E-state index is 12.7. The van der Waals surface area contributed by atoms with Gasteiger partial charge >= 0.3 is 5.97 Å². The highest BCUT2D eigenvalue weighted by atomic mass is 16.5.